The lowest BCUT2D eigenvalue weighted by Gasteiger charge is -2.08. The van der Waals surface area contributed by atoms with Gasteiger partial charge in [0.25, 0.3) is 5.91 Å². The maximum absolute atomic E-state index is 12.2. The van der Waals surface area contributed by atoms with Crippen molar-refractivity contribution in [1.82, 2.24) is 10.3 Å². The summed E-state index contributed by atoms with van der Waals surface area (Å²) in [6, 6.07) is 11.2. The van der Waals surface area contributed by atoms with E-state index in [0.29, 0.717) is 24.5 Å². The minimum Gasteiger partial charge on any atom is -0.497 e. The van der Waals surface area contributed by atoms with Crippen LogP contribution in [0.5, 0.6) is 5.75 Å². The van der Waals surface area contributed by atoms with Crippen LogP contribution in [0.15, 0.2) is 55.3 Å². The van der Waals surface area contributed by atoms with Crippen molar-refractivity contribution in [3.8, 4) is 5.75 Å². The van der Waals surface area contributed by atoms with E-state index in [4.69, 9.17) is 4.74 Å². The van der Waals surface area contributed by atoms with Gasteiger partial charge in [0.05, 0.1) is 7.11 Å². The second kappa shape index (κ2) is 8.58. The number of amides is 1. The predicted octanol–water partition coefficient (Wildman–Crippen LogP) is 2.66. The highest BCUT2D eigenvalue weighted by Crippen LogP contribution is 2.12. The summed E-state index contributed by atoms with van der Waals surface area (Å²) in [5.74, 6) is 1.36. The number of ether oxygens (including phenoxy) is 1. The molecule has 1 amide bonds. The molecule has 0 spiro atoms. The monoisotopic (exact) mass is 311 g/mol. The molecule has 2 aromatic rings. The van der Waals surface area contributed by atoms with E-state index in [1.807, 2.05) is 24.3 Å². The number of rotatable bonds is 8. The number of benzene rings is 1. The van der Waals surface area contributed by atoms with E-state index in [2.05, 4.69) is 22.2 Å². The molecule has 0 saturated heterocycles. The fourth-order valence-electron chi connectivity index (χ4n) is 2.10. The number of methoxy groups -OCH3 is 1. The quantitative estimate of drug-likeness (QED) is 0.736. The van der Waals surface area contributed by atoms with Crippen LogP contribution in [0, 0.1) is 0 Å². The lowest BCUT2D eigenvalue weighted by molar-refractivity contribution is 0.0954. The van der Waals surface area contributed by atoms with Crippen molar-refractivity contribution < 1.29 is 9.53 Å². The first kappa shape index (κ1) is 16.5. The number of pyridine rings is 1. The molecule has 23 heavy (non-hydrogen) atoms. The highest BCUT2D eigenvalue weighted by Gasteiger charge is 2.06. The third kappa shape index (κ3) is 5.14. The fourth-order valence-corrected chi connectivity index (χ4v) is 2.10. The Labute approximate surface area is 136 Å². The Morgan fingerprint density at radius 2 is 2.22 bits per heavy atom. The molecule has 2 N–H and O–H groups in total. The second-order valence-corrected chi connectivity index (χ2v) is 4.96. The predicted molar refractivity (Wildman–Crippen MR) is 92.0 cm³/mol. The van der Waals surface area contributed by atoms with Gasteiger partial charge in [0.15, 0.2) is 0 Å². The third-order valence-electron chi connectivity index (χ3n) is 3.28. The van der Waals surface area contributed by atoms with Crippen LogP contribution in [0.2, 0.25) is 0 Å². The van der Waals surface area contributed by atoms with Crippen LogP contribution in [0.1, 0.15) is 15.9 Å². The summed E-state index contributed by atoms with van der Waals surface area (Å²) in [4.78, 5) is 16.3. The van der Waals surface area contributed by atoms with Crippen LogP contribution in [0.25, 0.3) is 0 Å². The average molecular weight is 311 g/mol. The van der Waals surface area contributed by atoms with Crippen molar-refractivity contribution in [2.75, 3.05) is 25.5 Å². The number of aromatic nitrogens is 1. The van der Waals surface area contributed by atoms with Gasteiger partial charge in [-0.25, -0.2) is 4.98 Å². The maximum Gasteiger partial charge on any atom is 0.251 e. The molecule has 0 radical (unpaired) electrons. The summed E-state index contributed by atoms with van der Waals surface area (Å²) >= 11 is 0. The molecular weight excluding hydrogens is 290 g/mol. The normalized spacial score (nSPS) is 9.96. The van der Waals surface area contributed by atoms with Crippen LogP contribution in [-0.4, -0.2) is 31.1 Å². The van der Waals surface area contributed by atoms with Crippen molar-refractivity contribution in [3.63, 3.8) is 0 Å². The van der Waals surface area contributed by atoms with Gasteiger partial charge in [-0.05, 0) is 36.2 Å². The zero-order chi connectivity index (χ0) is 16.5. The first-order chi connectivity index (χ1) is 11.2. The SMILES string of the molecule is C=CCNc1cc(C(=O)NCCc2cccc(OC)c2)ccn1. The molecule has 0 aliphatic rings. The zero-order valence-electron chi connectivity index (χ0n) is 13.2. The van der Waals surface area contributed by atoms with E-state index < -0.39 is 0 Å². The van der Waals surface area contributed by atoms with Gasteiger partial charge in [-0.15, -0.1) is 6.58 Å². The molecule has 5 heteroatoms. The van der Waals surface area contributed by atoms with Gasteiger partial charge in [-0.3, -0.25) is 4.79 Å². The number of hydrogen-bond donors (Lipinski definition) is 2. The molecule has 0 atom stereocenters. The first-order valence-corrected chi connectivity index (χ1v) is 7.45. The molecule has 120 valence electrons. The van der Waals surface area contributed by atoms with Gasteiger partial charge in [0, 0.05) is 24.8 Å². The summed E-state index contributed by atoms with van der Waals surface area (Å²) in [5, 5.41) is 5.97. The number of carbonyl (C=O) groups excluding carboxylic acids is 1. The van der Waals surface area contributed by atoms with Crippen LogP contribution in [0.3, 0.4) is 0 Å². The Morgan fingerprint density at radius 3 is 3.00 bits per heavy atom. The van der Waals surface area contributed by atoms with Gasteiger partial charge in [0.2, 0.25) is 0 Å². The van der Waals surface area contributed by atoms with E-state index in [1.54, 1.807) is 31.5 Å². The zero-order valence-corrected chi connectivity index (χ0v) is 13.2. The van der Waals surface area contributed by atoms with E-state index in [9.17, 15) is 4.79 Å². The van der Waals surface area contributed by atoms with Gasteiger partial charge in [-0.2, -0.15) is 0 Å². The Balaban J connectivity index is 1.88. The van der Waals surface area contributed by atoms with E-state index in [1.165, 1.54) is 0 Å². The third-order valence-corrected chi connectivity index (χ3v) is 3.28. The van der Waals surface area contributed by atoms with Gasteiger partial charge < -0.3 is 15.4 Å². The first-order valence-electron chi connectivity index (χ1n) is 7.45. The van der Waals surface area contributed by atoms with E-state index in [0.717, 1.165) is 17.7 Å². The smallest absolute Gasteiger partial charge is 0.251 e. The number of hydrogen-bond acceptors (Lipinski definition) is 4. The summed E-state index contributed by atoms with van der Waals surface area (Å²) in [7, 11) is 1.64. The van der Waals surface area contributed by atoms with Crippen LogP contribution in [-0.2, 0) is 6.42 Å². The number of nitrogens with zero attached hydrogens (tertiary/aromatic N) is 1. The van der Waals surface area contributed by atoms with Crippen molar-refractivity contribution in [3.05, 3.63) is 66.4 Å². The number of carbonyl (C=O) groups is 1. The average Bonchev–Trinajstić information content (AvgIpc) is 2.60. The molecule has 1 aromatic heterocycles. The standard InChI is InChI=1S/C18H21N3O2/c1-3-9-19-17-13-15(8-11-20-17)18(22)21-10-7-14-5-4-6-16(12-14)23-2/h3-6,8,11-13H,1,7,9-10H2,2H3,(H,19,20)(H,21,22). The number of nitrogens with one attached hydrogen (secondary N) is 2. The maximum atomic E-state index is 12.2. The van der Waals surface area contributed by atoms with Crippen molar-refractivity contribution in [2.45, 2.75) is 6.42 Å². The molecule has 2 rings (SSSR count). The van der Waals surface area contributed by atoms with Crippen LogP contribution < -0.4 is 15.4 Å². The van der Waals surface area contributed by atoms with E-state index >= 15 is 0 Å². The summed E-state index contributed by atoms with van der Waals surface area (Å²) in [5.41, 5.74) is 1.70. The topological polar surface area (TPSA) is 63.2 Å². The lowest BCUT2D eigenvalue weighted by Crippen LogP contribution is -2.25. The minimum absolute atomic E-state index is 0.114. The Morgan fingerprint density at radius 1 is 1.35 bits per heavy atom. The molecule has 0 aliphatic carbocycles. The molecule has 1 aromatic carbocycles. The van der Waals surface area contributed by atoms with E-state index in [-0.39, 0.29) is 5.91 Å². The Hall–Kier alpha value is -2.82. The highest BCUT2D eigenvalue weighted by molar-refractivity contribution is 5.94. The molecule has 0 fully saturated rings. The molecule has 0 unspecified atom stereocenters. The molecule has 5 nitrogen and oxygen atoms in total. The van der Waals surface area contributed by atoms with Gasteiger partial charge >= 0.3 is 0 Å². The lowest BCUT2D eigenvalue weighted by atomic mass is 10.1. The van der Waals surface area contributed by atoms with Gasteiger partial charge in [-0.1, -0.05) is 18.2 Å². The minimum atomic E-state index is -0.114. The second-order valence-electron chi connectivity index (χ2n) is 4.96. The van der Waals surface area contributed by atoms with Crippen molar-refractivity contribution >= 4 is 11.7 Å². The van der Waals surface area contributed by atoms with Crippen molar-refractivity contribution in [1.29, 1.82) is 0 Å². The van der Waals surface area contributed by atoms with Crippen molar-refractivity contribution in [2.24, 2.45) is 0 Å². The molecule has 0 aliphatic heterocycles. The van der Waals surface area contributed by atoms with Crippen LogP contribution in [0.4, 0.5) is 5.82 Å². The fraction of sp³-hybridized carbons (Fsp3) is 0.222. The Kier molecular flexibility index (Phi) is 6.17. The van der Waals surface area contributed by atoms with Crippen LogP contribution >= 0.6 is 0 Å². The van der Waals surface area contributed by atoms with Gasteiger partial charge in [0.1, 0.15) is 11.6 Å². The molecular formula is C18H21N3O2. The highest BCUT2D eigenvalue weighted by atomic mass is 16.5. The Bertz CT molecular complexity index is 671. The number of anilines is 1. The molecule has 1 heterocycles. The largest absolute Gasteiger partial charge is 0.497 e. The summed E-state index contributed by atoms with van der Waals surface area (Å²) < 4.78 is 5.19. The summed E-state index contributed by atoms with van der Waals surface area (Å²) in [6.45, 7) is 4.80. The molecule has 0 bridgehead atoms. The summed E-state index contributed by atoms with van der Waals surface area (Å²) in [6.07, 6.45) is 4.10. The molecule has 0 saturated carbocycles.